The third-order valence-corrected chi connectivity index (χ3v) is 6.13. The molecule has 8 heteroatoms. The molecule has 0 aromatic heterocycles. The number of hydrogen-bond acceptors (Lipinski definition) is 7. The van der Waals surface area contributed by atoms with Gasteiger partial charge in [0.2, 0.25) is 0 Å². The van der Waals surface area contributed by atoms with Crippen molar-refractivity contribution >= 4 is 29.1 Å². The van der Waals surface area contributed by atoms with Crippen molar-refractivity contribution in [2.75, 3.05) is 25.2 Å². The highest BCUT2D eigenvalue weighted by atomic mass is 16.5. The van der Waals surface area contributed by atoms with Gasteiger partial charge in [-0.05, 0) is 79.6 Å². The second-order valence-corrected chi connectivity index (χ2v) is 8.58. The summed E-state index contributed by atoms with van der Waals surface area (Å²) < 4.78 is 15.9. The molecular formula is C30H29NO7. The van der Waals surface area contributed by atoms with Crippen molar-refractivity contribution in [3.63, 3.8) is 0 Å². The van der Waals surface area contributed by atoms with E-state index in [0.717, 1.165) is 6.42 Å². The van der Waals surface area contributed by atoms with Crippen molar-refractivity contribution in [2.24, 2.45) is 0 Å². The first-order valence-corrected chi connectivity index (χ1v) is 12.3. The molecule has 1 heterocycles. The number of hydrogen-bond donors (Lipinski definition) is 1. The van der Waals surface area contributed by atoms with Gasteiger partial charge in [-0.15, -0.1) is 0 Å². The number of anilines is 1. The van der Waals surface area contributed by atoms with Gasteiger partial charge in [-0.1, -0.05) is 19.1 Å². The van der Waals surface area contributed by atoms with Crippen molar-refractivity contribution < 1.29 is 33.7 Å². The minimum absolute atomic E-state index is 0.0446. The average Bonchev–Trinajstić information content (AvgIpc) is 3.22. The van der Waals surface area contributed by atoms with E-state index in [1.165, 1.54) is 17.0 Å². The van der Waals surface area contributed by atoms with E-state index in [9.17, 15) is 19.5 Å². The Labute approximate surface area is 221 Å². The Bertz CT molecular complexity index is 1340. The number of methoxy groups -OCH3 is 1. The summed E-state index contributed by atoms with van der Waals surface area (Å²) >= 11 is 0. The zero-order chi connectivity index (χ0) is 27.2. The standard InChI is InChI=1S/C30H29NO7/c1-4-18-38-24-16-10-20(11-17-24)27(32)25-26(19-8-14-23(36-3)15-9-19)31(29(34)28(25)33)22-12-6-21(7-13-22)30(35)37-5-2/h6-17,26,32H,4-5,18H2,1-3H3/b27-25+. The molecule has 1 fully saturated rings. The number of amides is 1. The Morgan fingerprint density at radius 1 is 0.868 bits per heavy atom. The number of ketones is 1. The van der Waals surface area contributed by atoms with Crippen molar-refractivity contribution in [3.05, 3.63) is 95.1 Å². The topological polar surface area (TPSA) is 102 Å². The van der Waals surface area contributed by atoms with E-state index in [0.29, 0.717) is 40.5 Å². The summed E-state index contributed by atoms with van der Waals surface area (Å²) in [5.41, 5.74) is 1.64. The number of carbonyl (C=O) groups excluding carboxylic acids is 3. The molecule has 0 spiro atoms. The number of rotatable bonds is 9. The lowest BCUT2D eigenvalue weighted by Gasteiger charge is -2.25. The number of carbonyl (C=O) groups is 3. The van der Waals surface area contributed by atoms with Gasteiger partial charge >= 0.3 is 5.97 Å². The van der Waals surface area contributed by atoms with Gasteiger partial charge in [-0.2, -0.15) is 0 Å². The Kier molecular flexibility index (Phi) is 8.11. The second kappa shape index (κ2) is 11.6. The van der Waals surface area contributed by atoms with E-state index in [4.69, 9.17) is 14.2 Å². The fourth-order valence-corrected chi connectivity index (χ4v) is 4.26. The largest absolute Gasteiger partial charge is 0.507 e. The molecule has 0 bridgehead atoms. The van der Waals surface area contributed by atoms with Gasteiger partial charge in [0.05, 0.1) is 37.5 Å². The van der Waals surface area contributed by atoms with Crippen LogP contribution in [0.1, 0.15) is 47.8 Å². The van der Waals surface area contributed by atoms with Crippen LogP contribution in [0.5, 0.6) is 11.5 Å². The monoisotopic (exact) mass is 515 g/mol. The maximum absolute atomic E-state index is 13.3. The normalized spacial score (nSPS) is 16.4. The number of benzene rings is 3. The molecule has 3 aromatic carbocycles. The minimum atomic E-state index is -0.912. The number of ether oxygens (including phenoxy) is 3. The summed E-state index contributed by atoms with van der Waals surface area (Å²) in [7, 11) is 1.54. The number of aliphatic hydroxyl groups excluding tert-OH is 1. The third-order valence-electron chi connectivity index (χ3n) is 6.13. The van der Waals surface area contributed by atoms with E-state index < -0.39 is 23.7 Å². The van der Waals surface area contributed by atoms with Gasteiger partial charge in [-0.25, -0.2) is 4.79 Å². The maximum Gasteiger partial charge on any atom is 0.338 e. The van der Waals surface area contributed by atoms with E-state index in [-0.39, 0.29) is 17.9 Å². The number of nitrogens with zero attached hydrogens (tertiary/aromatic N) is 1. The van der Waals surface area contributed by atoms with Crippen LogP contribution in [0, 0.1) is 0 Å². The molecule has 0 radical (unpaired) electrons. The van der Waals surface area contributed by atoms with Crippen LogP contribution >= 0.6 is 0 Å². The molecule has 1 saturated heterocycles. The number of aliphatic hydroxyl groups is 1. The molecule has 0 aliphatic carbocycles. The van der Waals surface area contributed by atoms with Crippen LogP contribution in [-0.4, -0.2) is 43.1 Å². The van der Waals surface area contributed by atoms with Crippen LogP contribution in [0.3, 0.4) is 0 Å². The molecule has 1 aliphatic rings. The summed E-state index contributed by atoms with van der Waals surface area (Å²) in [4.78, 5) is 40.1. The molecule has 4 rings (SSSR count). The quantitative estimate of drug-likeness (QED) is 0.179. The fourth-order valence-electron chi connectivity index (χ4n) is 4.26. The summed E-state index contributed by atoms with van der Waals surface area (Å²) in [6, 6.07) is 18.9. The zero-order valence-electron chi connectivity index (χ0n) is 21.5. The molecule has 196 valence electrons. The van der Waals surface area contributed by atoms with Crippen LogP contribution in [0.15, 0.2) is 78.4 Å². The first-order chi connectivity index (χ1) is 18.4. The van der Waals surface area contributed by atoms with Crippen molar-refractivity contribution in [1.29, 1.82) is 0 Å². The summed E-state index contributed by atoms with van der Waals surface area (Å²) in [5, 5.41) is 11.3. The summed E-state index contributed by atoms with van der Waals surface area (Å²) in [6.45, 7) is 4.51. The van der Waals surface area contributed by atoms with E-state index >= 15 is 0 Å². The fraction of sp³-hybridized carbons (Fsp3) is 0.233. The first kappa shape index (κ1) is 26.5. The molecule has 1 amide bonds. The Morgan fingerprint density at radius 3 is 2.05 bits per heavy atom. The summed E-state index contributed by atoms with van der Waals surface area (Å²) in [5.74, 6) is -1.15. The minimum Gasteiger partial charge on any atom is -0.507 e. The molecule has 1 N–H and O–H groups in total. The van der Waals surface area contributed by atoms with Gasteiger partial charge in [0.25, 0.3) is 11.7 Å². The average molecular weight is 516 g/mol. The predicted molar refractivity (Wildman–Crippen MR) is 142 cm³/mol. The number of esters is 1. The molecule has 1 unspecified atom stereocenters. The predicted octanol–water partition coefficient (Wildman–Crippen LogP) is 5.29. The molecule has 38 heavy (non-hydrogen) atoms. The molecule has 3 aromatic rings. The SMILES string of the molecule is CCCOc1ccc(/C(O)=C2\C(=O)C(=O)N(c3ccc(C(=O)OCC)cc3)C2c2ccc(OC)cc2)cc1. The lowest BCUT2D eigenvalue weighted by atomic mass is 9.95. The van der Waals surface area contributed by atoms with Gasteiger partial charge in [0, 0.05) is 11.3 Å². The molecule has 0 saturated carbocycles. The third kappa shape index (κ3) is 5.25. The van der Waals surface area contributed by atoms with E-state index in [1.807, 2.05) is 6.92 Å². The second-order valence-electron chi connectivity index (χ2n) is 8.58. The van der Waals surface area contributed by atoms with Crippen molar-refractivity contribution in [1.82, 2.24) is 0 Å². The van der Waals surface area contributed by atoms with E-state index in [1.54, 1.807) is 74.7 Å². The van der Waals surface area contributed by atoms with Gasteiger partial charge in [0.15, 0.2) is 0 Å². The zero-order valence-corrected chi connectivity index (χ0v) is 21.5. The van der Waals surface area contributed by atoms with Crippen LogP contribution in [0.4, 0.5) is 5.69 Å². The highest BCUT2D eigenvalue weighted by molar-refractivity contribution is 6.51. The van der Waals surface area contributed by atoms with Gasteiger partial charge in [0.1, 0.15) is 17.3 Å². The highest BCUT2D eigenvalue weighted by Crippen LogP contribution is 2.42. The van der Waals surface area contributed by atoms with Crippen molar-refractivity contribution in [2.45, 2.75) is 26.3 Å². The van der Waals surface area contributed by atoms with E-state index in [2.05, 4.69) is 0 Å². The highest BCUT2D eigenvalue weighted by Gasteiger charge is 2.47. The number of Topliss-reactive ketones (excluding diaryl/α,β-unsaturated/α-hetero) is 1. The Morgan fingerprint density at radius 2 is 1.47 bits per heavy atom. The lowest BCUT2D eigenvalue weighted by Crippen LogP contribution is -2.29. The molecule has 8 nitrogen and oxygen atoms in total. The van der Waals surface area contributed by atoms with Gasteiger partial charge in [-0.3, -0.25) is 14.5 Å². The van der Waals surface area contributed by atoms with Crippen LogP contribution < -0.4 is 14.4 Å². The lowest BCUT2D eigenvalue weighted by molar-refractivity contribution is -0.132. The summed E-state index contributed by atoms with van der Waals surface area (Å²) in [6.07, 6.45) is 0.855. The first-order valence-electron chi connectivity index (χ1n) is 12.3. The maximum atomic E-state index is 13.3. The Hall–Kier alpha value is -4.59. The molecular weight excluding hydrogens is 486 g/mol. The smallest absolute Gasteiger partial charge is 0.338 e. The molecule has 1 aliphatic heterocycles. The molecule has 1 atom stereocenters. The van der Waals surface area contributed by atoms with Crippen LogP contribution in [-0.2, 0) is 14.3 Å². The van der Waals surface area contributed by atoms with Gasteiger partial charge < -0.3 is 19.3 Å². The van der Waals surface area contributed by atoms with Crippen LogP contribution in [0.2, 0.25) is 0 Å². The van der Waals surface area contributed by atoms with Crippen molar-refractivity contribution in [3.8, 4) is 11.5 Å². The Balaban J connectivity index is 1.80. The van der Waals surface area contributed by atoms with Crippen LogP contribution in [0.25, 0.3) is 5.76 Å².